The number of fused-ring (bicyclic) bond motifs is 2. The van der Waals surface area contributed by atoms with Gasteiger partial charge in [-0.1, -0.05) is 16.9 Å². The number of piperidine rings is 1. The van der Waals surface area contributed by atoms with E-state index in [9.17, 15) is 0 Å². The number of aromatic nitrogens is 3. The summed E-state index contributed by atoms with van der Waals surface area (Å²) in [5.41, 5.74) is 1.09. The summed E-state index contributed by atoms with van der Waals surface area (Å²) in [6, 6.07) is 5.38. The van der Waals surface area contributed by atoms with Gasteiger partial charge < -0.3 is 9.42 Å². The molecule has 6 rings (SSSR count). The first kappa shape index (κ1) is 14.7. The molecule has 0 radical (unpaired) electrons. The summed E-state index contributed by atoms with van der Waals surface area (Å²) in [6.07, 6.45) is 7.68. The lowest BCUT2D eigenvalue weighted by molar-refractivity contribution is -0.0104. The maximum absolute atomic E-state index is 5.49. The van der Waals surface area contributed by atoms with Crippen LogP contribution in [0, 0.1) is 0 Å². The molecule has 6 nitrogen and oxygen atoms in total. The van der Waals surface area contributed by atoms with E-state index in [4.69, 9.17) is 4.52 Å². The van der Waals surface area contributed by atoms with Crippen LogP contribution < -0.4 is 4.90 Å². The van der Waals surface area contributed by atoms with Crippen molar-refractivity contribution < 1.29 is 4.52 Å². The second-order valence-electron chi connectivity index (χ2n) is 7.02. The van der Waals surface area contributed by atoms with Crippen molar-refractivity contribution in [2.24, 2.45) is 0 Å². The van der Waals surface area contributed by atoms with E-state index in [1.807, 2.05) is 18.5 Å². The van der Waals surface area contributed by atoms with E-state index in [0.717, 1.165) is 42.1 Å². The zero-order valence-electron chi connectivity index (χ0n) is 13.8. The molecule has 2 atom stereocenters. The topological polar surface area (TPSA) is 58.3 Å². The Labute approximate surface area is 145 Å². The van der Waals surface area contributed by atoms with Crippen molar-refractivity contribution in [2.45, 2.75) is 49.0 Å². The highest BCUT2D eigenvalue weighted by molar-refractivity contribution is 7.98. The van der Waals surface area contributed by atoms with Gasteiger partial charge in [0.15, 0.2) is 5.16 Å². The van der Waals surface area contributed by atoms with E-state index in [1.54, 1.807) is 11.8 Å². The molecule has 0 aromatic carbocycles. The van der Waals surface area contributed by atoms with Crippen molar-refractivity contribution in [1.29, 1.82) is 0 Å². The molecule has 2 bridgehead atoms. The summed E-state index contributed by atoms with van der Waals surface area (Å²) >= 11 is 1.59. The van der Waals surface area contributed by atoms with Crippen LogP contribution in [0.5, 0.6) is 0 Å². The quantitative estimate of drug-likeness (QED) is 0.611. The van der Waals surface area contributed by atoms with Gasteiger partial charge in [0.2, 0.25) is 0 Å². The normalized spacial score (nSPS) is 26.5. The fraction of sp³-hybridized carbons (Fsp3) is 0.588. The number of anilines is 1. The Morgan fingerprint density at radius 2 is 2.12 bits per heavy atom. The Morgan fingerprint density at radius 1 is 1.29 bits per heavy atom. The summed E-state index contributed by atoms with van der Waals surface area (Å²) in [6.45, 7) is 2.99. The first-order valence-corrected chi connectivity index (χ1v) is 9.86. The van der Waals surface area contributed by atoms with Crippen molar-refractivity contribution in [2.75, 3.05) is 24.2 Å². The minimum absolute atomic E-state index is 0.595. The van der Waals surface area contributed by atoms with Gasteiger partial charge in [0, 0.05) is 49.9 Å². The molecule has 1 saturated carbocycles. The summed E-state index contributed by atoms with van der Waals surface area (Å²) in [5.74, 6) is 2.78. The molecular weight excluding hydrogens is 322 g/mol. The molecule has 2 aromatic rings. The zero-order chi connectivity index (χ0) is 16.1. The van der Waals surface area contributed by atoms with Gasteiger partial charge in [-0.3, -0.25) is 4.90 Å². The number of nitrogens with zero attached hydrogens (tertiary/aromatic N) is 5. The van der Waals surface area contributed by atoms with E-state index in [2.05, 4.69) is 31.0 Å². The summed E-state index contributed by atoms with van der Waals surface area (Å²) in [4.78, 5) is 13.9. The Morgan fingerprint density at radius 3 is 2.88 bits per heavy atom. The first-order valence-electron chi connectivity index (χ1n) is 8.63. The van der Waals surface area contributed by atoms with E-state index in [-0.39, 0.29) is 0 Å². The predicted molar refractivity (Wildman–Crippen MR) is 92.2 cm³/mol. The number of thioether (sulfide) groups is 1. The number of hydrogen-bond acceptors (Lipinski definition) is 7. The van der Waals surface area contributed by atoms with Crippen LogP contribution in [0.1, 0.15) is 36.6 Å². The summed E-state index contributed by atoms with van der Waals surface area (Å²) in [5, 5.41) is 5.12. The monoisotopic (exact) mass is 343 g/mol. The summed E-state index contributed by atoms with van der Waals surface area (Å²) in [7, 11) is 0. The van der Waals surface area contributed by atoms with Crippen LogP contribution in [-0.4, -0.2) is 51.5 Å². The van der Waals surface area contributed by atoms with Crippen LogP contribution in [0.4, 0.5) is 5.82 Å². The molecular formula is C17H21N5OS. The molecule has 1 aliphatic carbocycles. The van der Waals surface area contributed by atoms with Crippen molar-refractivity contribution in [3.8, 4) is 0 Å². The number of hydrogen-bond donors (Lipinski definition) is 0. The van der Waals surface area contributed by atoms with Crippen molar-refractivity contribution in [1.82, 2.24) is 20.0 Å². The second-order valence-corrected chi connectivity index (χ2v) is 7.79. The molecule has 3 aliphatic heterocycles. The maximum Gasteiger partial charge on any atom is 0.189 e. The van der Waals surface area contributed by atoms with Crippen LogP contribution >= 0.6 is 11.8 Å². The van der Waals surface area contributed by atoms with Gasteiger partial charge in [-0.2, -0.15) is 0 Å². The molecule has 0 spiro atoms. The average Bonchev–Trinajstić information content (AvgIpc) is 3.38. The van der Waals surface area contributed by atoms with E-state index in [0.29, 0.717) is 18.0 Å². The Kier molecular flexibility index (Phi) is 3.52. The maximum atomic E-state index is 5.49. The lowest BCUT2D eigenvalue weighted by Gasteiger charge is -2.56. The molecule has 2 unspecified atom stereocenters. The molecule has 4 fully saturated rings. The smallest absolute Gasteiger partial charge is 0.189 e. The highest BCUT2D eigenvalue weighted by Crippen LogP contribution is 2.41. The van der Waals surface area contributed by atoms with Gasteiger partial charge in [0.05, 0.1) is 5.69 Å². The van der Waals surface area contributed by atoms with Crippen molar-refractivity contribution >= 4 is 17.6 Å². The van der Waals surface area contributed by atoms with Gasteiger partial charge in [-0.25, -0.2) is 9.97 Å². The fourth-order valence-corrected chi connectivity index (χ4v) is 4.24. The third kappa shape index (κ3) is 2.59. The van der Waals surface area contributed by atoms with Crippen molar-refractivity contribution in [3.63, 3.8) is 0 Å². The largest absolute Gasteiger partial charge is 0.361 e. The van der Waals surface area contributed by atoms with Crippen LogP contribution in [0.3, 0.4) is 0 Å². The Hall–Kier alpha value is -1.60. The van der Waals surface area contributed by atoms with E-state index < -0.39 is 0 Å². The lowest BCUT2D eigenvalue weighted by Crippen LogP contribution is -2.68. The Balaban J connectivity index is 1.25. The van der Waals surface area contributed by atoms with Gasteiger partial charge in [0.25, 0.3) is 0 Å². The highest BCUT2D eigenvalue weighted by atomic mass is 32.2. The van der Waals surface area contributed by atoms with E-state index in [1.165, 1.54) is 19.3 Å². The van der Waals surface area contributed by atoms with Gasteiger partial charge >= 0.3 is 0 Å². The first-order chi connectivity index (χ1) is 11.8. The Bertz CT molecular complexity index is 734. The van der Waals surface area contributed by atoms with Gasteiger partial charge in [-0.15, -0.1) is 0 Å². The predicted octanol–water partition coefficient (Wildman–Crippen LogP) is 2.53. The van der Waals surface area contributed by atoms with Crippen molar-refractivity contribution in [3.05, 3.63) is 29.8 Å². The van der Waals surface area contributed by atoms with E-state index >= 15 is 0 Å². The SMILES string of the molecule is CSc1nccc(N2CC3CC(C2)N3Cc2cc(C3CC3)on2)n1. The molecule has 5 heterocycles. The highest BCUT2D eigenvalue weighted by Gasteiger charge is 2.45. The van der Waals surface area contributed by atoms with Gasteiger partial charge in [-0.05, 0) is 31.6 Å². The minimum atomic E-state index is 0.595. The third-order valence-corrected chi connectivity index (χ3v) is 5.93. The van der Waals surface area contributed by atoms with Crippen LogP contribution in [-0.2, 0) is 6.54 Å². The molecule has 2 aromatic heterocycles. The standard InChI is InChI=1S/C17H21N5OS/c1-24-17-18-5-4-16(19-17)21-9-13-7-14(10-21)22(13)8-12-6-15(23-20-12)11-2-3-11/h4-6,11,13-14H,2-3,7-10H2,1H3. The summed E-state index contributed by atoms with van der Waals surface area (Å²) < 4.78 is 5.49. The zero-order valence-corrected chi connectivity index (χ0v) is 14.6. The van der Waals surface area contributed by atoms with Crippen LogP contribution in [0.2, 0.25) is 0 Å². The molecule has 4 aliphatic rings. The lowest BCUT2D eigenvalue weighted by atomic mass is 9.87. The van der Waals surface area contributed by atoms with Crippen LogP contribution in [0.15, 0.2) is 28.0 Å². The number of rotatable bonds is 5. The van der Waals surface area contributed by atoms with Crippen LogP contribution in [0.25, 0.3) is 0 Å². The molecule has 24 heavy (non-hydrogen) atoms. The second kappa shape index (κ2) is 5.74. The molecule has 126 valence electrons. The molecule has 7 heteroatoms. The molecule has 3 saturated heterocycles. The molecule has 0 amide bonds. The number of piperazine rings is 1. The molecule has 0 N–H and O–H groups in total. The average molecular weight is 343 g/mol. The fourth-order valence-electron chi connectivity index (χ4n) is 3.89. The third-order valence-electron chi connectivity index (χ3n) is 5.37. The van der Waals surface area contributed by atoms with Gasteiger partial charge in [0.1, 0.15) is 11.6 Å². The minimum Gasteiger partial charge on any atom is -0.361 e.